The molecule has 0 amide bonds. The number of anilines is 1. The van der Waals surface area contributed by atoms with E-state index in [1.165, 1.54) is 0 Å². The molecule has 1 aromatic heterocycles. The maximum absolute atomic E-state index is 11.3. The number of nitrogens with two attached hydrogens (primary N) is 1. The minimum atomic E-state index is -0.803. The normalized spacial score (nSPS) is 13.8. The highest BCUT2D eigenvalue weighted by atomic mass is 32.2. The van der Waals surface area contributed by atoms with Crippen LogP contribution in [0.3, 0.4) is 0 Å². The number of thiocarbonyl (C=S) groups is 1. The second-order valence-electron chi connectivity index (χ2n) is 4.96. The summed E-state index contributed by atoms with van der Waals surface area (Å²) in [5, 5.41) is 4.37. The maximum atomic E-state index is 11.3. The van der Waals surface area contributed by atoms with Gasteiger partial charge in [0.1, 0.15) is 10.8 Å². The lowest BCUT2D eigenvalue weighted by atomic mass is 10.1. The minimum absolute atomic E-state index is 0.160. The van der Waals surface area contributed by atoms with Crippen LogP contribution in [-0.4, -0.2) is 32.2 Å². The summed E-state index contributed by atoms with van der Waals surface area (Å²) >= 11 is 5.12. The molecule has 2 rings (SSSR count). The monoisotopic (exact) mass is 321 g/mol. The fourth-order valence-electron chi connectivity index (χ4n) is 2.04. The molecule has 1 heterocycles. The standard InChI is InChI=1S/C15H19N3OS2/c1-10(21(2)19)7-8-17-14-9-12(15(16)20)11-5-3-4-6-13(11)18-14/h3-6,9-10H,7-8H2,1-2H3,(H2,16,20)(H,17,18). The summed E-state index contributed by atoms with van der Waals surface area (Å²) in [6.45, 7) is 2.69. The van der Waals surface area contributed by atoms with Gasteiger partial charge < -0.3 is 11.1 Å². The molecule has 0 spiro atoms. The third-order valence-corrected chi connectivity index (χ3v) is 4.99. The molecule has 6 heteroatoms. The zero-order valence-corrected chi connectivity index (χ0v) is 13.8. The number of nitrogens with zero attached hydrogens (tertiary/aromatic N) is 1. The lowest BCUT2D eigenvalue weighted by Gasteiger charge is -2.12. The van der Waals surface area contributed by atoms with Gasteiger partial charge in [-0.1, -0.05) is 37.3 Å². The van der Waals surface area contributed by atoms with Crippen LogP contribution in [0.5, 0.6) is 0 Å². The van der Waals surface area contributed by atoms with Gasteiger partial charge in [-0.2, -0.15) is 0 Å². The SMILES string of the molecule is CC(CCNc1cc(C(N)=S)c2ccccc2n1)S(C)=O. The summed E-state index contributed by atoms with van der Waals surface area (Å²) in [6.07, 6.45) is 2.55. The smallest absolute Gasteiger partial charge is 0.127 e. The first kappa shape index (κ1) is 15.9. The lowest BCUT2D eigenvalue weighted by molar-refractivity contribution is 0.672. The summed E-state index contributed by atoms with van der Waals surface area (Å²) in [4.78, 5) is 4.92. The molecule has 1 aromatic carbocycles. The van der Waals surface area contributed by atoms with Crippen LogP contribution < -0.4 is 11.1 Å². The number of hydrogen-bond donors (Lipinski definition) is 2. The minimum Gasteiger partial charge on any atom is -0.389 e. The molecule has 0 aliphatic rings. The van der Waals surface area contributed by atoms with Gasteiger partial charge in [0.15, 0.2) is 0 Å². The van der Waals surface area contributed by atoms with Crippen LogP contribution in [-0.2, 0) is 10.8 Å². The van der Waals surface area contributed by atoms with E-state index < -0.39 is 10.8 Å². The fourth-order valence-corrected chi connectivity index (χ4v) is 2.66. The van der Waals surface area contributed by atoms with E-state index in [0.717, 1.165) is 28.7 Å². The molecule has 2 atom stereocenters. The van der Waals surface area contributed by atoms with Crippen LogP contribution in [0.15, 0.2) is 30.3 Å². The van der Waals surface area contributed by atoms with Gasteiger partial charge in [-0.05, 0) is 18.6 Å². The molecule has 112 valence electrons. The largest absolute Gasteiger partial charge is 0.389 e. The Kier molecular flexibility index (Phi) is 5.25. The molecular formula is C15H19N3OS2. The molecule has 0 aliphatic carbocycles. The van der Waals surface area contributed by atoms with Crippen molar-refractivity contribution in [1.29, 1.82) is 0 Å². The highest BCUT2D eigenvalue weighted by molar-refractivity contribution is 7.84. The van der Waals surface area contributed by atoms with Gasteiger partial charge in [0.25, 0.3) is 0 Å². The topological polar surface area (TPSA) is 68.0 Å². The molecule has 0 radical (unpaired) electrons. The number of benzene rings is 1. The van der Waals surface area contributed by atoms with Crippen molar-refractivity contribution in [1.82, 2.24) is 4.98 Å². The summed E-state index contributed by atoms with van der Waals surface area (Å²) < 4.78 is 11.3. The van der Waals surface area contributed by atoms with Crippen LogP contribution in [0.4, 0.5) is 5.82 Å². The first-order chi connectivity index (χ1) is 9.99. The molecule has 2 unspecified atom stereocenters. The average molecular weight is 321 g/mol. The van der Waals surface area contributed by atoms with E-state index >= 15 is 0 Å². The van der Waals surface area contributed by atoms with Crippen LogP contribution >= 0.6 is 12.2 Å². The Morgan fingerprint density at radius 1 is 1.48 bits per heavy atom. The van der Waals surface area contributed by atoms with Crippen molar-refractivity contribution in [3.63, 3.8) is 0 Å². The van der Waals surface area contributed by atoms with Crippen LogP contribution in [0, 0.1) is 0 Å². The molecular weight excluding hydrogens is 302 g/mol. The van der Waals surface area contributed by atoms with E-state index in [1.807, 2.05) is 37.3 Å². The van der Waals surface area contributed by atoms with E-state index in [-0.39, 0.29) is 5.25 Å². The second-order valence-corrected chi connectivity index (χ2v) is 7.20. The van der Waals surface area contributed by atoms with Crippen molar-refractivity contribution in [2.45, 2.75) is 18.6 Å². The van der Waals surface area contributed by atoms with Gasteiger partial charge in [-0.15, -0.1) is 0 Å². The third-order valence-electron chi connectivity index (χ3n) is 3.41. The van der Waals surface area contributed by atoms with Crippen LogP contribution in [0.25, 0.3) is 10.9 Å². The fraction of sp³-hybridized carbons (Fsp3) is 0.333. The Balaban J connectivity index is 2.21. The summed E-state index contributed by atoms with van der Waals surface area (Å²) in [6, 6.07) is 9.65. The van der Waals surface area contributed by atoms with Crippen molar-refractivity contribution in [2.24, 2.45) is 5.73 Å². The molecule has 0 saturated heterocycles. The van der Waals surface area contributed by atoms with Gasteiger partial charge in [-0.25, -0.2) is 4.98 Å². The number of hydrogen-bond acceptors (Lipinski definition) is 4. The second kappa shape index (κ2) is 6.95. The van der Waals surface area contributed by atoms with E-state index in [2.05, 4.69) is 10.3 Å². The van der Waals surface area contributed by atoms with E-state index in [0.29, 0.717) is 11.5 Å². The molecule has 0 bridgehead atoms. The lowest BCUT2D eigenvalue weighted by Crippen LogP contribution is -2.16. The molecule has 2 aromatic rings. The van der Waals surface area contributed by atoms with Gasteiger partial charge in [0, 0.05) is 39.8 Å². The van der Waals surface area contributed by atoms with Crippen LogP contribution in [0.1, 0.15) is 18.9 Å². The van der Waals surface area contributed by atoms with Gasteiger partial charge in [0.2, 0.25) is 0 Å². The van der Waals surface area contributed by atoms with Crippen molar-refractivity contribution < 1.29 is 4.21 Å². The Morgan fingerprint density at radius 2 is 2.19 bits per heavy atom. The third kappa shape index (κ3) is 3.98. The highest BCUT2D eigenvalue weighted by Crippen LogP contribution is 2.20. The Labute approximate surface area is 132 Å². The van der Waals surface area contributed by atoms with Crippen molar-refractivity contribution in [2.75, 3.05) is 18.1 Å². The number of fused-ring (bicyclic) bond motifs is 1. The first-order valence-electron chi connectivity index (χ1n) is 6.74. The van der Waals surface area contributed by atoms with Crippen molar-refractivity contribution >= 4 is 44.7 Å². The molecule has 4 nitrogen and oxygen atoms in total. The zero-order valence-electron chi connectivity index (χ0n) is 12.1. The van der Waals surface area contributed by atoms with E-state index in [1.54, 1.807) is 6.26 Å². The van der Waals surface area contributed by atoms with Gasteiger partial charge in [0.05, 0.1) is 5.52 Å². The average Bonchev–Trinajstić information content (AvgIpc) is 2.46. The van der Waals surface area contributed by atoms with Crippen molar-refractivity contribution in [3.8, 4) is 0 Å². The molecule has 0 aliphatic heterocycles. The molecule has 21 heavy (non-hydrogen) atoms. The van der Waals surface area contributed by atoms with Gasteiger partial charge >= 0.3 is 0 Å². The number of rotatable bonds is 6. The predicted molar refractivity (Wildman–Crippen MR) is 94.3 cm³/mol. The summed E-state index contributed by atoms with van der Waals surface area (Å²) in [7, 11) is -0.803. The summed E-state index contributed by atoms with van der Waals surface area (Å²) in [5.41, 5.74) is 7.48. The Hall–Kier alpha value is -1.53. The van der Waals surface area contributed by atoms with E-state index in [9.17, 15) is 4.21 Å². The van der Waals surface area contributed by atoms with E-state index in [4.69, 9.17) is 18.0 Å². The van der Waals surface area contributed by atoms with Gasteiger partial charge in [-0.3, -0.25) is 4.21 Å². The Morgan fingerprint density at radius 3 is 2.86 bits per heavy atom. The molecule has 0 fully saturated rings. The summed E-state index contributed by atoms with van der Waals surface area (Å²) in [5.74, 6) is 0.741. The first-order valence-corrected chi connectivity index (χ1v) is 8.77. The number of nitrogens with one attached hydrogen (secondary N) is 1. The number of aromatic nitrogens is 1. The number of para-hydroxylation sites is 1. The van der Waals surface area contributed by atoms with Crippen LogP contribution in [0.2, 0.25) is 0 Å². The van der Waals surface area contributed by atoms with Crippen molar-refractivity contribution in [3.05, 3.63) is 35.9 Å². The number of pyridine rings is 1. The molecule has 0 saturated carbocycles. The highest BCUT2D eigenvalue weighted by Gasteiger charge is 2.09. The predicted octanol–water partition coefficient (Wildman–Crippen LogP) is 2.44. The Bertz CT molecular complexity index is 688. The zero-order chi connectivity index (χ0) is 15.4. The molecule has 3 N–H and O–H groups in total. The quantitative estimate of drug-likeness (QED) is 0.800. The maximum Gasteiger partial charge on any atom is 0.127 e.